The van der Waals surface area contributed by atoms with Crippen LogP contribution in [0.2, 0.25) is 0 Å². The van der Waals surface area contributed by atoms with Gasteiger partial charge in [-0.05, 0) is 25.0 Å². The Morgan fingerprint density at radius 2 is 1.96 bits per heavy atom. The highest BCUT2D eigenvalue weighted by Crippen LogP contribution is 2.20. The van der Waals surface area contributed by atoms with Crippen LogP contribution in [-0.4, -0.2) is 41.5 Å². The summed E-state index contributed by atoms with van der Waals surface area (Å²) in [4.78, 5) is 26.1. The molecule has 0 spiro atoms. The van der Waals surface area contributed by atoms with E-state index in [0.29, 0.717) is 17.9 Å². The molecule has 7 nitrogen and oxygen atoms in total. The number of rotatable bonds is 5. The maximum Gasteiger partial charge on any atom is 0.273 e. The molecule has 0 radical (unpaired) electrons. The van der Waals surface area contributed by atoms with Gasteiger partial charge in [0.15, 0.2) is 11.5 Å². The van der Waals surface area contributed by atoms with E-state index in [1.807, 2.05) is 4.90 Å². The molecule has 1 aliphatic rings. The predicted octanol–water partition coefficient (Wildman–Crippen LogP) is 2.46. The number of aromatic nitrogens is 1. The summed E-state index contributed by atoms with van der Waals surface area (Å²) in [6, 6.07) is 4.97. The molecule has 1 fully saturated rings. The van der Waals surface area contributed by atoms with Crippen molar-refractivity contribution in [1.29, 1.82) is 0 Å². The SMILES string of the molecule is O=C(NCCC(=O)N1CCCCCC1)c1cc(-c2ccco2)on1. The highest BCUT2D eigenvalue weighted by molar-refractivity contribution is 5.93. The van der Waals surface area contributed by atoms with Crippen molar-refractivity contribution in [3.8, 4) is 11.5 Å². The molecule has 1 aliphatic heterocycles. The summed E-state index contributed by atoms with van der Waals surface area (Å²) in [5.74, 6) is 0.637. The molecule has 1 saturated heterocycles. The van der Waals surface area contributed by atoms with Gasteiger partial charge in [0, 0.05) is 32.1 Å². The fourth-order valence-corrected chi connectivity index (χ4v) is 2.77. The van der Waals surface area contributed by atoms with E-state index in [1.165, 1.54) is 25.2 Å². The first-order chi connectivity index (χ1) is 11.7. The molecule has 2 amide bonds. The molecular weight excluding hydrogens is 310 g/mol. The number of hydrogen-bond donors (Lipinski definition) is 1. The molecule has 0 aliphatic carbocycles. The summed E-state index contributed by atoms with van der Waals surface area (Å²) in [6.07, 6.45) is 6.31. The van der Waals surface area contributed by atoms with E-state index in [0.717, 1.165) is 25.9 Å². The third-order valence-electron chi connectivity index (χ3n) is 4.09. The number of hydrogen-bond acceptors (Lipinski definition) is 5. The first kappa shape index (κ1) is 16.3. The van der Waals surface area contributed by atoms with Gasteiger partial charge >= 0.3 is 0 Å². The molecule has 0 aromatic carbocycles. The van der Waals surface area contributed by atoms with E-state index in [-0.39, 0.29) is 24.1 Å². The maximum absolute atomic E-state index is 12.2. The van der Waals surface area contributed by atoms with Gasteiger partial charge in [0.05, 0.1) is 6.26 Å². The first-order valence-corrected chi connectivity index (χ1v) is 8.30. The van der Waals surface area contributed by atoms with Gasteiger partial charge < -0.3 is 19.2 Å². The lowest BCUT2D eigenvalue weighted by Gasteiger charge is -2.20. The molecule has 24 heavy (non-hydrogen) atoms. The van der Waals surface area contributed by atoms with Crippen molar-refractivity contribution in [1.82, 2.24) is 15.4 Å². The summed E-state index contributed by atoms with van der Waals surface area (Å²) < 4.78 is 10.3. The molecule has 0 atom stereocenters. The lowest BCUT2D eigenvalue weighted by molar-refractivity contribution is -0.131. The predicted molar refractivity (Wildman–Crippen MR) is 86.2 cm³/mol. The molecular formula is C17H21N3O4. The Balaban J connectivity index is 1.46. The zero-order chi connectivity index (χ0) is 16.8. The van der Waals surface area contributed by atoms with Crippen LogP contribution in [0.5, 0.6) is 0 Å². The summed E-state index contributed by atoms with van der Waals surface area (Å²) in [5.41, 5.74) is 0.170. The molecule has 1 N–H and O–H groups in total. The van der Waals surface area contributed by atoms with Crippen molar-refractivity contribution in [3.63, 3.8) is 0 Å². The van der Waals surface area contributed by atoms with Crippen molar-refractivity contribution in [2.45, 2.75) is 32.1 Å². The van der Waals surface area contributed by atoms with Crippen molar-refractivity contribution in [3.05, 3.63) is 30.2 Å². The summed E-state index contributed by atoms with van der Waals surface area (Å²) in [6.45, 7) is 1.93. The van der Waals surface area contributed by atoms with E-state index in [9.17, 15) is 9.59 Å². The van der Waals surface area contributed by atoms with E-state index in [1.54, 1.807) is 12.1 Å². The second-order valence-corrected chi connectivity index (χ2v) is 5.85. The summed E-state index contributed by atoms with van der Waals surface area (Å²) in [5, 5.41) is 6.43. The third-order valence-corrected chi connectivity index (χ3v) is 4.09. The van der Waals surface area contributed by atoms with Crippen LogP contribution in [0, 0.1) is 0 Å². The van der Waals surface area contributed by atoms with Crippen molar-refractivity contribution < 1.29 is 18.5 Å². The average molecular weight is 331 g/mol. The second-order valence-electron chi connectivity index (χ2n) is 5.85. The Morgan fingerprint density at radius 3 is 2.67 bits per heavy atom. The van der Waals surface area contributed by atoms with Gasteiger partial charge in [-0.3, -0.25) is 9.59 Å². The molecule has 128 valence electrons. The van der Waals surface area contributed by atoms with E-state index < -0.39 is 0 Å². The fourth-order valence-electron chi connectivity index (χ4n) is 2.77. The van der Waals surface area contributed by atoms with E-state index in [4.69, 9.17) is 8.94 Å². The number of carbonyl (C=O) groups is 2. The minimum absolute atomic E-state index is 0.0913. The molecule has 0 unspecified atom stereocenters. The largest absolute Gasteiger partial charge is 0.461 e. The van der Waals surface area contributed by atoms with Gasteiger partial charge in [0.1, 0.15) is 0 Å². The number of likely N-dealkylation sites (tertiary alicyclic amines) is 1. The number of nitrogens with one attached hydrogen (secondary N) is 1. The van der Waals surface area contributed by atoms with Crippen LogP contribution in [0.15, 0.2) is 33.4 Å². The number of nitrogens with zero attached hydrogens (tertiary/aromatic N) is 2. The standard InChI is InChI=1S/C17H21N3O4/c21-16(20-9-3-1-2-4-10-20)7-8-18-17(22)13-12-15(24-19-13)14-6-5-11-23-14/h5-6,11-12H,1-4,7-10H2,(H,18,22). The van der Waals surface area contributed by atoms with Gasteiger partial charge in [-0.25, -0.2) is 0 Å². The molecule has 7 heteroatoms. The minimum atomic E-state index is -0.361. The highest BCUT2D eigenvalue weighted by atomic mass is 16.5. The summed E-state index contributed by atoms with van der Waals surface area (Å²) in [7, 11) is 0. The van der Waals surface area contributed by atoms with Gasteiger partial charge in [-0.2, -0.15) is 0 Å². The Hall–Kier alpha value is -2.57. The molecule has 0 saturated carbocycles. The molecule has 3 heterocycles. The molecule has 2 aromatic heterocycles. The van der Waals surface area contributed by atoms with Crippen LogP contribution in [0.4, 0.5) is 0 Å². The number of furan rings is 1. The van der Waals surface area contributed by atoms with Crippen LogP contribution in [0.1, 0.15) is 42.6 Å². The Labute approximate surface area is 140 Å². The normalized spacial score (nSPS) is 15.1. The third kappa shape index (κ3) is 4.04. The van der Waals surface area contributed by atoms with E-state index in [2.05, 4.69) is 10.5 Å². The van der Waals surface area contributed by atoms with Gasteiger partial charge in [0.25, 0.3) is 5.91 Å². The topological polar surface area (TPSA) is 88.6 Å². The van der Waals surface area contributed by atoms with Crippen LogP contribution in [-0.2, 0) is 4.79 Å². The quantitative estimate of drug-likeness (QED) is 0.909. The lowest BCUT2D eigenvalue weighted by Crippen LogP contribution is -2.35. The summed E-state index contributed by atoms with van der Waals surface area (Å²) >= 11 is 0. The van der Waals surface area contributed by atoms with Gasteiger partial charge in [-0.1, -0.05) is 18.0 Å². The molecule has 3 rings (SSSR count). The Bertz CT molecular complexity index is 670. The zero-order valence-corrected chi connectivity index (χ0v) is 13.5. The highest BCUT2D eigenvalue weighted by Gasteiger charge is 2.17. The smallest absolute Gasteiger partial charge is 0.273 e. The number of amides is 2. The van der Waals surface area contributed by atoms with Crippen LogP contribution in [0.25, 0.3) is 11.5 Å². The van der Waals surface area contributed by atoms with Crippen molar-refractivity contribution >= 4 is 11.8 Å². The number of carbonyl (C=O) groups excluding carboxylic acids is 2. The van der Waals surface area contributed by atoms with Crippen LogP contribution < -0.4 is 5.32 Å². The lowest BCUT2D eigenvalue weighted by atomic mass is 10.2. The molecule has 0 bridgehead atoms. The minimum Gasteiger partial charge on any atom is -0.461 e. The zero-order valence-electron chi connectivity index (χ0n) is 13.5. The molecule has 2 aromatic rings. The average Bonchev–Trinajstić information content (AvgIpc) is 3.21. The van der Waals surface area contributed by atoms with Crippen LogP contribution in [0.3, 0.4) is 0 Å². The van der Waals surface area contributed by atoms with Crippen molar-refractivity contribution in [2.24, 2.45) is 0 Å². The maximum atomic E-state index is 12.2. The van der Waals surface area contributed by atoms with E-state index >= 15 is 0 Å². The Morgan fingerprint density at radius 1 is 1.17 bits per heavy atom. The second kappa shape index (κ2) is 7.81. The monoisotopic (exact) mass is 331 g/mol. The van der Waals surface area contributed by atoms with Gasteiger partial charge in [-0.15, -0.1) is 0 Å². The van der Waals surface area contributed by atoms with Crippen molar-refractivity contribution in [2.75, 3.05) is 19.6 Å². The van der Waals surface area contributed by atoms with Gasteiger partial charge in [0.2, 0.25) is 11.7 Å². The Kier molecular flexibility index (Phi) is 5.30. The first-order valence-electron chi connectivity index (χ1n) is 8.30. The van der Waals surface area contributed by atoms with Crippen LogP contribution >= 0.6 is 0 Å². The fraction of sp³-hybridized carbons (Fsp3) is 0.471.